The third-order valence-corrected chi connectivity index (χ3v) is 3.98. The molecule has 6 nitrogen and oxygen atoms in total. The summed E-state index contributed by atoms with van der Waals surface area (Å²) in [6.07, 6.45) is 0. The lowest BCUT2D eigenvalue weighted by Crippen LogP contribution is -2.04. The molecule has 0 aliphatic heterocycles. The van der Waals surface area contributed by atoms with Crippen molar-refractivity contribution in [1.29, 1.82) is 0 Å². The average molecular weight is 376 g/mol. The largest absolute Gasteiger partial charge is 0.356 e. The highest BCUT2D eigenvalue weighted by atomic mass is 79.9. The van der Waals surface area contributed by atoms with Crippen molar-refractivity contribution in [3.8, 4) is 0 Å². The molecule has 0 amide bonds. The molecule has 0 N–H and O–H groups in total. The van der Waals surface area contributed by atoms with Crippen LogP contribution in [0, 0.1) is 17.0 Å². The van der Waals surface area contributed by atoms with E-state index < -0.39 is 4.92 Å². The third kappa shape index (κ3) is 3.25. The molecule has 0 atom stereocenters. The molecule has 0 fully saturated rings. The lowest BCUT2D eigenvalue weighted by Gasteiger charge is -2.08. The summed E-state index contributed by atoms with van der Waals surface area (Å²) in [5, 5.41) is 11.2. The van der Waals surface area contributed by atoms with E-state index in [1.807, 2.05) is 47.9 Å². The Balaban J connectivity index is 1.89. The molecule has 0 spiro atoms. The first kappa shape index (κ1) is 15.6. The van der Waals surface area contributed by atoms with Crippen molar-refractivity contribution < 1.29 is 9.66 Å². The number of non-ortho nitro benzene ring substituents is 1. The summed E-state index contributed by atoms with van der Waals surface area (Å²) in [6.45, 7) is 2.56. The van der Waals surface area contributed by atoms with Crippen LogP contribution in [0.25, 0.3) is 11.0 Å². The van der Waals surface area contributed by atoms with Gasteiger partial charge in [-0.2, -0.15) is 0 Å². The molecule has 2 aromatic carbocycles. The molecule has 23 heavy (non-hydrogen) atoms. The van der Waals surface area contributed by atoms with Crippen LogP contribution in [0.2, 0.25) is 0 Å². The molecule has 0 saturated heterocycles. The number of nitro benzene ring substituents is 1. The van der Waals surface area contributed by atoms with Gasteiger partial charge < -0.3 is 9.30 Å². The van der Waals surface area contributed by atoms with Crippen LogP contribution in [0.1, 0.15) is 11.4 Å². The van der Waals surface area contributed by atoms with Crippen LogP contribution in [-0.4, -0.2) is 14.5 Å². The zero-order valence-electron chi connectivity index (χ0n) is 12.4. The second kappa shape index (κ2) is 6.47. The van der Waals surface area contributed by atoms with Gasteiger partial charge in [-0.1, -0.05) is 46.3 Å². The quantitative estimate of drug-likeness (QED) is 0.495. The highest BCUT2D eigenvalue weighted by Crippen LogP contribution is 2.30. The van der Waals surface area contributed by atoms with E-state index in [-0.39, 0.29) is 12.4 Å². The van der Waals surface area contributed by atoms with Crippen LogP contribution in [0.15, 0.2) is 46.9 Å². The van der Waals surface area contributed by atoms with Crippen molar-refractivity contribution in [3.63, 3.8) is 0 Å². The van der Waals surface area contributed by atoms with E-state index in [9.17, 15) is 10.1 Å². The van der Waals surface area contributed by atoms with Gasteiger partial charge in [-0.25, -0.2) is 4.98 Å². The Labute approximate surface area is 141 Å². The molecule has 0 radical (unpaired) electrons. The maximum absolute atomic E-state index is 11.2. The molecule has 1 heterocycles. The zero-order chi connectivity index (χ0) is 16.4. The molecule has 0 aliphatic rings. The number of imidazole rings is 1. The molecule has 0 saturated carbocycles. The molecule has 0 bridgehead atoms. The number of halogens is 1. The second-order valence-electron chi connectivity index (χ2n) is 5.10. The smallest absolute Gasteiger partial charge is 0.298 e. The van der Waals surface area contributed by atoms with E-state index in [0.29, 0.717) is 27.9 Å². The van der Waals surface area contributed by atoms with E-state index in [1.165, 1.54) is 6.07 Å². The Kier molecular flexibility index (Phi) is 4.40. The Morgan fingerprint density at radius 2 is 2.04 bits per heavy atom. The lowest BCUT2D eigenvalue weighted by atomic mass is 10.2. The molecular weight excluding hydrogens is 362 g/mol. The number of ether oxygens (including phenoxy) is 1. The van der Waals surface area contributed by atoms with Gasteiger partial charge in [0, 0.05) is 10.5 Å². The van der Waals surface area contributed by atoms with Gasteiger partial charge in [-0.3, -0.25) is 10.1 Å². The fourth-order valence-electron chi connectivity index (χ4n) is 2.42. The van der Waals surface area contributed by atoms with Crippen molar-refractivity contribution >= 4 is 32.7 Å². The number of nitrogens with zero attached hydrogens (tertiary/aromatic N) is 3. The van der Waals surface area contributed by atoms with Gasteiger partial charge in [0.2, 0.25) is 0 Å². The molecule has 1 aromatic heterocycles. The molecule has 0 unspecified atom stereocenters. The Morgan fingerprint density at radius 3 is 2.74 bits per heavy atom. The van der Waals surface area contributed by atoms with E-state index in [4.69, 9.17) is 4.74 Å². The van der Waals surface area contributed by atoms with Crippen LogP contribution >= 0.6 is 15.9 Å². The highest BCUT2D eigenvalue weighted by Gasteiger charge is 2.19. The minimum atomic E-state index is -0.422. The van der Waals surface area contributed by atoms with Gasteiger partial charge in [-0.05, 0) is 18.6 Å². The first-order valence-electron chi connectivity index (χ1n) is 6.98. The normalized spacial score (nSPS) is 11.0. The van der Waals surface area contributed by atoms with Crippen molar-refractivity contribution in [2.45, 2.75) is 20.3 Å². The van der Waals surface area contributed by atoms with Crippen molar-refractivity contribution in [1.82, 2.24) is 9.55 Å². The number of nitro groups is 1. The van der Waals surface area contributed by atoms with Crippen molar-refractivity contribution in [3.05, 3.63) is 68.4 Å². The monoisotopic (exact) mass is 375 g/mol. The van der Waals surface area contributed by atoms with Gasteiger partial charge in [0.1, 0.15) is 12.6 Å². The van der Waals surface area contributed by atoms with Crippen LogP contribution in [0.4, 0.5) is 5.69 Å². The lowest BCUT2D eigenvalue weighted by molar-refractivity contribution is -0.383. The summed E-state index contributed by atoms with van der Waals surface area (Å²) in [4.78, 5) is 15.1. The van der Waals surface area contributed by atoms with Crippen LogP contribution in [-0.2, 0) is 18.1 Å². The number of rotatable bonds is 5. The summed E-state index contributed by atoms with van der Waals surface area (Å²) in [7, 11) is 0. The fraction of sp³-hybridized carbons (Fsp3) is 0.188. The SMILES string of the molecule is Cc1nc2c([N+](=O)[O-])cc(Br)cc2n1COCc1ccccc1. The van der Waals surface area contributed by atoms with E-state index in [1.54, 1.807) is 0 Å². The number of hydrogen-bond donors (Lipinski definition) is 0. The fourth-order valence-corrected chi connectivity index (χ4v) is 2.85. The number of aryl methyl sites for hydroxylation is 1. The van der Waals surface area contributed by atoms with Crippen LogP contribution in [0.3, 0.4) is 0 Å². The minimum Gasteiger partial charge on any atom is -0.356 e. The molecule has 0 aliphatic carbocycles. The first-order chi connectivity index (χ1) is 11.1. The Hall–Kier alpha value is -2.25. The zero-order valence-corrected chi connectivity index (χ0v) is 14.0. The van der Waals surface area contributed by atoms with E-state index in [2.05, 4.69) is 20.9 Å². The number of aromatic nitrogens is 2. The number of fused-ring (bicyclic) bond motifs is 1. The molecular formula is C16H14BrN3O3. The van der Waals surface area contributed by atoms with Gasteiger partial charge in [0.05, 0.1) is 17.0 Å². The first-order valence-corrected chi connectivity index (χ1v) is 7.78. The van der Waals surface area contributed by atoms with E-state index >= 15 is 0 Å². The van der Waals surface area contributed by atoms with Gasteiger partial charge in [-0.15, -0.1) is 0 Å². The molecule has 3 rings (SSSR count). The molecule has 118 valence electrons. The average Bonchev–Trinajstić information content (AvgIpc) is 2.83. The van der Waals surface area contributed by atoms with Crippen LogP contribution in [0.5, 0.6) is 0 Å². The van der Waals surface area contributed by atoms with Crippen LogP contribution < -0.4 is 0 Å². The second-order valence-corrected chi connectivity index (χ2v) is 6.02. The summed E-state index contributed by atoms with van der Waals surface area (Å²) in [5.74, 6) is 0.675. The summed E-state index contributed by atoms with van der Waals surface area (Å²) in [5.41, 5.74) is 2.11. The van der Waals surface area contributed by atoms with Gasteiger partial charge in [0.15, 0.2) is 5.52 Å². The summed E-state index contributed by atoms with van der Waals surface area (Å²) < 4.78 is 8.20. The maximum Gasteiger partial charge on any atom is 0.298 e. The standard InChI is InChI=1S/C16H14BrN3O3/c1-11-18-16-14(7-13(17)8-15(16)20(21)22)19(11)10-23-9-12-5-3-2-4-6-12/h2-8H,9-10H2,1H3. The number of benzene rings is 2. The topological polar surface area (TPSA) is 70.2 Å². The predicted octanol–water partition coefficient (Wildman–Crippen LogP) is 4.19. The summed E-state index contributed by atoms with van der Waals surface area (Å²) in [6, 6.07) is 13.1. The van der Waals surface area contributed by atoms with Gasteiger partial charge in [0.25, 0.3) is 5.69 Å². The van der Waals surface area contributed by atoms with Crippen molar-refractivity contribution in [2.24, 2.45) is 0 Å². The molecule has 3 aromatic rings. The van der Waals surface area contributed by atoms with E-state index in [0.717, 1.165) is 5.56 Å². The Morgan fingerprint density at radius 1 is 1.30 bits per heavy atom. The summed E-state index contributed by atoms with van der Waals surface area (Å²) >= 11 is 3.31. The maximum atomic E-state index is 11.2. The molecule has 7 heteroatoms. The minimum absolute atomic E-state index is 0.0146. The van der Waals surface area contributed by atoms with Crippen molar-refractivity contribution in [2.75, 3.05) is 0 Å². The predicted molar refractivity (Wildman–Crippen MR) is 90.1 cm³/mol. The highest BCUT2D eigenvalue weighted by molar-refractivity contribution is 9.10. The third-order valence-electron chi connectivity index (χ3n) is 3.52. The van der Waals surface area contributed by atoms with Gasteiger partial charge >= 0.3 is 0 Å². The number of hydrogen-bond acceptors (Lipinski definition) is 4. The Bertz CT molecular complexity index is 862.